The van der Waals surface area contributed by atoms with Crippen LogP contribution in [0.5, 0.6) is 0 Å². The number of carboxylic acids is 1. The number of carboxylic acid groups (broad SMARTS) is 1. The Morgan fingerprint density at radius 2 is 1.94 bits per heavy atom. The summed E-state index contributed by atoms with van der Waals surface area (Å²) >= 11 is 2.64. The number of hydrogen-bond acceptors (Lipinski definition) is 3. The summed E-state index contributed by atoms with van der Waals surface area (Å²) in [6.07, 6.45) is -4.97. The molecule has 1 aromatic carbocycles. The molecule has 5 nitrogen and oxygen atoms in total. The van der Waals surface area contributed by atoms with Crippen molar-refractivity contribution in [2.24, 2.45) is 0 Å². The Labute approximate surface area is 100 Å². The summed E-state index contributed by atoms with van der Waals surface area (Å²) in [6.45, 7) is 0. The van der Waals surface area contributed by atoms with Crippen LogP contribution in [0.4, 0.5) is 18.9 Å². The summed E-state index contributed by atoms with van der Waals surface area (Å²) < 4.78 is 37.1. The number of alkyl halides is 3. The lowest BCUT2D eigenvalue weighted by atomic mass is 10.1. The van der Waals surface area contributed by atoms with E-state index in [9.17, 15) is 28.1 Å². The first-order chi connectivity index (χ1) is 7.66. The predicted molar refractivity (Wildman–Crippen MR) is 52.8 cm³/mol. The van der Waals surface area contributed by atoms with Crippen LogP contribution in [0.3, 0.4) is 0 Å². The molecule has 9 heteroatoms. The van der Waals surface area contributed by atoms with Crippen LogP contribution in [0.1, 0.15) is 15.9 Å². The average Bonchev–Trinajstić information content (AvgIpc) is 2.14. The number of hydrogen-bond donors (Lipinski definition) is 1. The van der Waals surface area contributed by atoms with Crippen molar-refractivity contribution in [2.75, 3.05) is 0 Å². The van der Waals surface area contributed by atoms with Crippen molar-refractivity contribution >= 4 is 27.6 Å². The summed E-state index contributed by atoms with van der Waals surface area (Å²) in [5.41, 5.74) is -4.05. The fourth-order valence-electron chi connectivity index (χ4n) is 1.20. The maximum atomic E-state index is 12.5. The summed E-state index contributed by atoms with van der Waals surface area (Å²) in [7, 11) is 0. The van der Waals surface area contributed by atoms with Crippen LogP contribution in [0, 0.1) is 10.1 Å². The van der Waals surface area contributed by atoms with Crippen molar-refractivity contribution in [3.63, 3.8) is 0 Å². The second-order valence-corrected chi connectivity index (χ2v) is 3.73. The molecular weight excluding hydrogens is 311 g/mol. The molecule has 1 rings (SSSR count). The number of aromatic carboxylic acids is 1. The lowest BCUT2D eigenvalue weighted by Gasteiger charge is -2.10. The van der Waals surface area contributed by atoms with Crippen molar-refractivity contribution in [2.45, 2.75) is 6.18 Å². The minimum atomic E-state index is -4.97. The Balaban J connectivity index is 3.72. The van der Waals surface area contributed by atoms with E-state index in [2.05, 4.69) is 15.9 Å². The number of nitro groups is 1. The fraction of sp³-hybridized carbons (Fsp3) is 0.125. The number of nitro benzene ring substituents is 1. The average molecular weight is 314 g/mol. The molecule has 0 bridgehead atoms. The minimum absolute atomic E-state index is 0.326. The summed E-state index contributed by atoms with van der Waals surface area (Å²) in [6, 6.07) is 1.26. The van der Waals surface area contributed by atoms with E-state index in [-0.39, 0.29) is 4.47 Å². The lowest BCUT2D eigenvalue weighted by Crippen LogP contribution is -2.15. The number of benzene rings is 1. The number of nitrogens with zero attached hydrogens (tertiary/aromatic N) is 1. The van der Waals surface area contributed by atoms with Crippen molar-refractivity contribution in [3.8, 4) is 0 Å². The molecule has 0 heterocycles. The second kappa shape index (κ2) is 4.32. The van der Waals surface area contributed by atoms with Gasteiger partial charge in [0.1, 0.15) is 0 Å². The second-order valence-electron chi connectivity index (χ2n) is 2.88. The van der Waals surface area contributed by atoms with E-state index in [1.54, 1.807) is 0 Å². The van der Waals surface area contributed by atoms with E-state index in [1.807, 2.05) is 0 Å². The van der Waals surface area contributed by atoms with E-state index < -0.39 is 33.9 Å². The first-order valence-corrected chi connectivity index (χ1v) is 4.73. The van der Waals surface area contributed by atoms with Crippen LogP contribution >= 0.6 is 15.9 Å². The zero-order valence-electron chi connectivity index (χ0n) is 7.79. The molecule has 1 aromatic rings. The molecule has 0 radical (unpaired) electrons. The van der Waals surface area contributed by atoms with Gasteiger partial charge in [-0.1, -0.05) is 0 Å². The molecule has 0 saturated carbocycles. The third-order valence-corrected chi connectivity index (χ3v) is 2.47. The van der Waals surface area contributed by atoms with Gasteiger partial charge in [-0.2, -0.15) is 13.2 Å². The van der Waals surface area contributed by atoms with E-state index in [0.717, 1.165) is 6.07 Å². The number of halogens is 4. The molecule has 17 heavy (non-hydrogen) atoms. The standard InChI is InChI=1S/C8H3BrF3NO4/c9-4-2-1-3(8(10,11)12)5(7(14)15)6(4)13(16)17/h1-2H,(H,14,15). The van der Waals surface area contributed by atoms with Crippen molar-refractivity contribution in [3.05, 3.63) is 37.8 Å². The molecule has 0 saturated heterocycles. The maximum absolute atomic E-state index is 12.5. The quantitative estimate of drug-likeness (QED) is 0.672. The van der Waals surface area contributed by atoms with Gasteiger partial charge in [0.15, 0.2) is 5.56 Å². The molecule has 0 fully saturated rings. The SMILES string of the molecule is O=C(O)c1c(C(F)(F)F)ccc(Br)c1[N+](=O)[O-]. The Bertz CT molecular complexity index is 500. The highest BCUT2D eigenvalue weighted by molar-refractivity contribution is 9.10. The number of rotatable bonds is 2. The van der Waals surface area contributed by atoms with Crippen LogP contribution in [0.25, 0.3) is 0 Å². The topological polar surface area (TPSA) is 80.4 Å². The van der Waals surface area contributed by atoms with Gasteiger partial charge in [0.25, 0.3) is 5.69 Å². The molecule has 0 unspecified atom stereocenters. The fourth-order valence-corrected chi connectivity index (χ4v) is 1.67. The van der Waals surface area contributed by atoms with Gasteiger partial charge in [0.05, 0.1) is 15.0 Å². The minimum Gasteiger partial charge on any atom is -0.477 e. The molecule has 1 N–H and O–H groups in total. The normalized spacial score (nSPS) is 11.3. The highest BCUT2D eigenvalue weighted by Crippen LogP contribution is 2.39. The van der Waals surface area contributed by atoms with E-state index >= 15 is 0 Å². The predicted octanol–water partition coefficient (Wildman–Crippen LogP) is 3.07. The molecule has 0 amide bonds. The Morgan fingerprint density at radius 1 is 1.41 bits per heavy atom. The third kappa shape index (κ3) is 2.54. The highest BCUT2D eigenvalue weighted by atomic mass is 79.9. The zero-order valence-corrected chi connectivity index (χ0v) is 9.37. The molecule has 0 aliphatic rings. The van der Waals surface area contributed by atoms with Crippen LogP contribution < -0.4 is 0 Å². The van der Waals surface area contributed by atoms with E-state index in [4.69, 9.17) is 5.11 Å². The van der Waals surface area contributed by atoms with Crippen molar-refractivity contribution < 1.29 is 28.0 Å². The van der Waals surface area contributed by atoms with Gasteiger partial charge in [-0.05, 0) is 28.1 Å². The monoisotopic (exact) mass is 313 g/mol. The molecule has 0 spiro atoms. The molecule has 0 aromatic heterocycles. The van der Waals surface area contributed by atoms with Crippen LogP contribution in [-0.2, 0) is 6.18 Å². The van der Waals surface area contributed by atoms with Gasteiger partial charge < -0.3 is 5.11 Å². The van der Waals surface area contributed by atoms with E-state index in [1.165, 1.54) is 0 Å². The first kappa shape index (κ1) is 13.4. The Hall–Kier alpha value is -1.64. The molecule has 0 atom stereocenters. The van der Waals surface area contributed by atoms with Crippen LogP contribution in [-0.4, -0.2) is 16.0 Å². The summed E-state index contributed by atoms with van der Waals surface area (Å²) in [5, 5.41) is 19.2. The van der Waals surface area contributed by atoms with Gasteiger partial charge in [0.2, 0.25) is 0 Å². The van der Waals surface area contributed by atoms with Crippen LogP contribution in [0.2, 0.25) is 0 Å². The number of carbonyl (C=O) groups is 1. The summed E-state index contributed by atoms with van der Waals surface area (Å²) in [5.74, 6) is -2.01. The molecular formula is C8H3BrF3NO4. The Morgan fingerprint density at radius 3 is 2.29 bits per heavy atom. The van der Waals surface area contributed by atoms with Crippen molar-refractivity contribution in [1.29, 1.82) is 0 Å². The van der Waals surface area contributed by atoms with Crippen LogP contribution in [0.15, 0.2) is 16.6 Å². The molecule has 92 valence electrons. The van der Waals surface area contributed by atoms with Gasteiger partial charge in [0, 0.05) is 0 Å². The molecule has 0 aliphatic heterocycles. The van der Waals surface area contributed by atoms with Gasteiger partial charge in [-0.15, -0.1) is 0 Å². The smallest absolute Gasteiger partial charge is 0.417 e. The van der Waals surface area contributed by atoms with Gasteiger partial charge >= 0.3 is 12.1 Å². The first-order valence-electron chi connectivity index (χ1n) is 3.93. The van der Waals surface area contributed by atoms with Crippen molar-refractivity contribution in [1.82, 2.24) is 0 Å². The maximum Gasteiger partial charge on any atom is 0.417 e. The van der Waals surface area contributed by atoms with E-state index in [0.29, 0.717) is 6.07 Å². The largest absolute Gasteiger partial charge is 0.477 e. The van der Waals surface area contributed by atoms with Gasteiger partial charge in [-0.3, -0.25) is 10.1 Å². The lowest BCUT2D eigenvalue weighted by molar-refractivity contribution is -0.386. The van der Waals surface area contributed by atoms with Gasteiger partial charge in [-0.25, -0.2) is 4.79 Å². The zero-order chi connectivity index (χ0) is 13.4. The third-order valence-electron chi connectivity index (χ3n) is 1.83. The summed E-state index contributed by atoms with van der Waals surface area (Å²) in [4.78, 5) is 20.1. The molecule has 0 aliphatic carbocycles. The Kier molecular flexibility index (Phi) is 3.41. The highest BCUT2D eigenvalue weighted by Gasteiger charge is 2.40.